The number of nitrogens with zero attached hydrogens (tertiary/aromatic N) is 3. The van der Waals surface area contributed by atoms with E-state index in [0.717, 1.165) is 0 Å². The van der Waals surface area contributed by atoms with E-state index in [1.807, 2.05) is 6.07 Å². The third-order valence-electron chi connectivity index (χ3n) is 2.47. The van der Waals surface area contributed by atoms with Gasteiger partial charge in [0.2, 0.25) is 0 Å². The number of hydrogen-bond acceptors (Lipinski definition) is 3. The minimum atomic E-state index is -0.336. The van der Waals surface area contributed by atoms with Gasteiger partial charge in [0.05, 0.1) is 11.2 Å². The maximum atomic E-state index is 12.1. The van der Waals surface area contributed by atoms with E-state index in [9.17, 15) is 4.79 Å². The highest BCUT2D eigenvalue weighted by Gasteiger charge is 2.13. The van der Waals surface area contributed by atoms with Crippen LogP contribution in [-0.2, 0) is 7.05 Å². The second-order valence-corrected chi connectivity index (χ2v) is 4.99. The van der Waals surface area contributed by atoms with E-state index in [4.69, 9.17) is 16.9 Å². The maximum Gasteiger partial charge on any atom is 0.256 e. The Hall–Kier alpha value is -1.84. The summed E-state index contributed by atoms with van der Waals surface area (Å²) in [4.78, 5) is 12.1. The molecule has 0 fully saturated rings. The Labute approximate surface area is 122 Å². The van der Waals surface area contributed by atoms with E-state index < -0.39 is 0 Å². The highest BCUT2D eigenvalue weighted by Crippen LogP contribution is 2.24. The lowest BCUT2D eigenvalue weighted by atomic mass is 10.2. The van der Waals surface area contributed by atoms with Crippen LogP contribution in [0.4, 0.5) is 5.82 Å². The first-order valence-corrected chi connectivity index (χ1v) is 6.38. The summed E-state index contributed by atoms with van der Waals surface area (Å²) in [5, 5.41) is 16.0. The van der Waals surface area contributed by atoms with Crippen molar-refractivity contribution in [2.75, 3.05) is 5.32 Å². The summed E-state index contributed by atoms with van der Waals surface area (Å²) in [5.41, 5.74) is 0.741. The quantitative estimate of drug-likeness (QED) is 0.914. The molecule has 0 atom stereocenters. The Morgan fingerprint density at radius 2 is 2.32 bits per heavy atom. The van der Waals surface area contributed by atoms with Gasteiger partial charge < -0.3 is 5.32 Å². The van der Waals surface area contributed by atoms with Crippen molar-refractivity contribution in [1.82, 2.24) is 9.78 Å². The van der Waals surface area contributed by atoms with Gasteiger partial charge >= 0.3 is 0 Å². The summed E-state index contributed by atoms with van der Waals surface area (Å²) in [6.07, 6.45) is 1.40. The molecule has 0 radical (unpaired) electrons. The monoisotopic (exact) mass is 338 g/mol. The first-order valence-electron chi connectivity index (χ1n) is 5.21. The molecule has 0 aliphatic rings. The summed E-state index contributed by atoms with van der Waals surface area (Å²) < 4.78 is 2.06. The molecule has 5 nitrogen and oxygen atoms in total. The van der Waals surface area contributed by atoms with Crippen LogP contribution in [0.1, 0.15) is 15.9 Å². The molecule has 0 saturated heterocycles. The number of halogens is 2. The van der Waals surface area contributed by atoms with Crippen LogP contribution in [0.25, 0.3) is 0 Å². The third-order valence-corrected chi connectivity index (χ3v) is 3.69. The summed E-state index contributed by atoms with van der Waals surface area (Å²) in [7, 11) is 1.65. The molecule has 1 aromatic heterocycles. The van der Waals surface area contributed by atoms with Crippen LogP contribution in [0.5, 0.6) is 0 Å². The first-order chi connectivity index (χ1) is 9.02. The minimum absolute atomic E-state index is 0.309. The Balaban J connectivity index is 2.28. The summed E-state index contributed by atoms with van der Waals surface area (Å²) in [6.45, 7) is 0. The van der Waals surface area contributed by atoms with Gasteiger partial charge in [-0.3, -0.25) is 9.48 Å². The SMILES string of the molecule is Cn1ncc(C#N)c1NC(=O)c1ccc(Cl)c(Br)c1. The zero-order valence-corrected chi connectivity index (χ0v) is 12.2. The van der Waals surface area contributed by atoms with Gasteiger partial charge in [0.25, 0.3) is 5.91 Å². The van der Waals surface area contributed by atoms with Gasteiger partial charge in [0.1, 0.15) is 17.5 Å². The Kier molecular flexibility index (Phi) is 3.88. The average molecular weight is 340 g/mol. The second kappa shape index (κ2) is 5.43. The van der Waals surface area contributed by atoms with Crippen molar-refractivity contribution >= 4 is 39.3 Å². The number of anilines is 1. The van der Waals surface area contributed by atoms with Crippen LogP contribution in [0.3, 0.4) is 0 Å². The Morgan fingerprint density at radius 1 is 1.58 bits per heavy atom. The number of benzene rings is 1. The highest BCUT2D eigenvalue weighted by atomic mass is 79.9. The fourth-order valence-corrected chi connectivity index (χ4v) is 1.98. The number of nitriles is 1. The number of amides is 1. The van der Waals surface area contributed by atoms with E-state index in [1.54, 1.807) is 25.2 Å². The summed E-state index contributed by atoms with van der Waals surface area (Å²) in [6, 6.07) is 6.80. The highest BCUT2D eigenvalue weighted by molar-refractivity contribution is 9.10. The lowest BCUT2D eigenvalue weighted by molar-refractivity contribution is 0.102. The lowest BCUT2D eigenvalue weighted by Gasteiger charge is -2.06. The van der Waals surface area contributed by atoms with Crippen molar-refractivity contribution in [3.8, 4) is 6.07 Å². The van der Waals surface area contributed by atoms with E-state index in [0.29, 0.717) is 26.4 Å². The normalized spacial score (nSPS) is 10.0. The van der Waals surface area contributed by atoms with Crippen LogP contribution in [0.2, 0.25) is 5.02 Å². The second-order valence-electron chi connectivity index (χ2n) is 3.73. The van der Waals surface area contributed by atoms with Crippen LogP contribution in [0.15, 0.2) is 28.9 Å². The summed E-state index contributed by atoms with van der Waals surface area (Å²) in [5.74, 6) is 0.0241. The number of aromatic nitrogens is 2. The van der Waals surface area contributed by atoms with Crippen molar-refractivity contribution in [3.63, 3.8) is 0 Å². The van der Waals surface area contributed by atoms with E-state index in [-0.39, 0.29) is 5.91 Å². The molecule has 0 aliphatic carbocycles. The minimum Gasteiger partial charge on any atom is -0.306 e. The molecule has 7 heteroatoms. The van der Waals surface area contributed by atoms with Crippen molar-refractivity contribution in [3.05, 3.63) is 45.0 Å². The number of hydrogen-bond donors (Lipinski definition) is 1. The fraction of sp³-hybridized carbons (Fsp3) is 0.0833. The molecular formula is C12H8BrClN4O. The Bertz CT molecular complexity index is 690. The predicted octanol–water partition coefficient (Wildman–Crippen LogP) is 2.96. The smallest absolute Gasteiger partial charge is 0.256 e. The molecule has 1 heterocycles. The zero-order valence-electron chi connectivity index (χ0n) is 9.82. The molecule has 2 aromatic rings. The molecule has 0 spiro atoms. The van der Waals surface area contributed by atoms with Crippen LogP contribution in [0, 0.1) is 11.3 Å². The molecule has 1 N–H and O–H groups in total. The molecule has 2 rings (SSSR count). The van der Waals surface area contributed by atoms with Gasteiger partial charge in [-0.1, -0.05) is 11.6 Å². The third kappa shape index (κ3) is 2.78. The average Bonchev–Trinajstić information content (AvgIpc) is 2.74. The molecular weight excluding hydrogens is 332 g/mol. The number of carbonyl (C=O) groups is 1. The first kappa shape index (κ1) is 13.6. The molecule has 1 amide bonds. The van der Waals surface area contributed by atoms with Crippen molar-refractivity contribution < 1.29 is 4.79 Å². The molecule has 0 aliphatic heterocycles. The predicted molar refractivity (Wildman–Crippen MR) is 75.0 cm³/mol. The van der Waals surface area contributed by atoms with Crippen LogP contribution >= 0.6 is 27.5 Å². The van der Waals surface area contributed by atoms with E-state index >= 15 is 0 Å². The van der Waals surface area contributed by atoms with Gasteiger partial charge in [-0.2, -0.15) is 10.4 Å². The van der Waals surface area contributed by atoms with Crippen molar-refractivity contribution in [1.29, 1.82) is 5.26 Å². The van der Waals surface area contributed by atoms with Crippen LogP contribution in [-0.4, -0.2) is 15.7 Å². The van der Waals surface area contributed by atoms with Crippen LogP contribution < -0.4 is 5.32 Å². The molecule has 0 saturated carbocycles. The lowest BCUT2D eigenvalue weighted by Crippen LogP contribution is -2.15. The van der Waals surface area contributed by atoms with E-state index in [2.05, 4.69) is 26.3 Å². The maximum absolute atomic E-state index is 12.1. The molecule has 96 valence electrons. The topological polar surface area (TPSA) is 70.7 Å². The molecule has 19 heavy (non-hydrogen) atoms. The largest absolute Gasteiger partial charge is 0.306 e. The number of carbonyl (C=O) groups excluding carboxylic acids is 1. The Morgan fingerprint density at radius 3 is 2.95 bits per heavy atom. The molecule has 0 bridgehead atoms. The molecule has 1 aromatic carbocycles. The fourth-order valence-electron chi connectivity index (χ4n) is 1.48. The number of aryl methyl sites for hydroxylation is 1. The van der Waals surface area contributed by atoms with Gasteiger partial charge in [0.15, 0.2) is 0 Å². The summed E-state index contributed by atoms with van der Waals surface area (Å²) >= 11 is 9.12. The van der Waals surface area contributed by atoms with Crippen molar-refractivity contribution in [2.24, 2.45) is 7.05 Å². The number of rotatable bonds is 2. The van der Waals surface area contributed by atoms with Crippen molar-refractivity contribution in [2.45, 2.75) is 0 Å². The number of nitrogens with one attached hydrogen (secondary N) is 1. The molecule has 0 unspecified atom stereocenters. The zero-order chi connectivity index (χ0) is 14.0. The van der Waals surface area contributed by atoms with Gasteiger partial charge in [-0.25, -0.2) is 0 Å². The standard InChI is InChI=1S/C12H8BrClN4O/c1-18-11(8(5-15)6-16-18)17-12(19)7-2-3-10(14)9(13)4-7/h2-4,6H,1H3,(H,17,19). The van der Waals surface area contributed by atoms with Gasteiger partial charge in [-0.15, -0.1) is 0 Å². The van der Waals surface area contributed by atoms with E-state index in [1.165, 1.54) is 10.9 Å². The van der Waals surface area contributed by atoms with Gasteiger partial charge in [-0.05, 0) is 34.1 Å². The van der Waals surface area contributed by atoms with Gasteiger partial charge in [0, 0.05) is 17.1 Å².